The molecule has 4 heteroatoms. The zero-order valence-corrected chi connectivity index (χ0v) is 12.3. The van der Waals surface area contributed by atoms with Gasteiger partial charge < -0.3 is 10.6 Å². The van der Waals surface area contributed by atoms with Gasteiger partial charge in [0, 0.05) is 17.7 Å². The van der Waals surface area contributed by atoms with Crippen molar-refractivity contribution in [2.75, 3.05) is 0 Å². The number of carbonyl (C=O) groups excluding carboxylic acids is 1. The summed E-state index contributed by atoms with van der Waals surface area (Å²) in [5.74, 6) is 0.235. The van der Waals surface area contributed by atoms with Gasteiger partial charge in [0.25, 0.3) is 0 Å². The molecule has 0 fully saturated rings. The maximum atomic E-state index is 12.3. The van der Waals surface area contributed by atoms with Crippen LogP contribution < -0.4 is 10.6 Å². The second-order valence-electron chi connectivity index (χ2n) is 5.30. The molecule has 1 atom stereocenters. The molecule has 0 bridgehead atoms. The average molecular weight is 286 g/mol. The summed E-state index contributed by atoms with van der Waals surface area (Å²) in [6.07, 6.45) is 3.48. The molecule has 104 valence electrons. The Labute approximate surface area is 124 Å². The highest BCUT2D eigenvalue weighted by Gasteiger charge is 2.32. The Morgan fingerprint density at radius 3 is 2.70 bits per heavy atom. The molecule has 2 aliphatic rings. The number of aryl methyl sites for hydroxylation is 1. The first-order valence-electron chi connectivity index (χ1n) is 7.11. The van der Waals surface area contributed by atoms with Gasteiger partial charge in [-0.1, -0.05) is 31.2 Å². The van der Waals surface area contributed by atoms with Crippen LogP contribution in [0.1, 0.15) is 43.4 Å². The van der Waals surface area contributed by atoms with Crippen LogP contribution >= 0.6 is 12.2 Å². The minimum atomic E-state index is -0.0996. The van der Waals surface area contributed by atoms with Gasteiger partial charge in [0.15, 0.2) is 10.9 Å². The summed E-state index contributed by atoms with van der Waals surface area (Å²) in [6.45, 7) is 2.14. The van der Waals surface area contributed by atoms with Crippen LogP contribution in [0, 0.1) is 0 Å². The Balaban J connectivity index is 2.01. The van der Waals surface area contributed by atoms with Crippen molar-refractivity contribution in [2.24, 2.45) is 0 Å². The lowest BCUT2D eigenvalue weighted by atomic mass is 9.85. The summed E-state index contributed by atoms with van der Waals surface area (Å²) >= 11 is 5.27. The van der Waals surface area contributed by atoms with Gasteiger partial charge in [0.05, 0.1) is 6.04 Å². The fourth-order valence-electron chi connectivity index (χ4n) is 2.90. The van der Waals surface area contributed by atoms with E-state index in [1.807, 2.05) is 0 Å². The molecule has 1 aromatic carbocycles. The van der Waals surface area contributed by atoms with Gasteiger partial charge >= 0.3 is 0 Å². The SMILES string of the molecule is CCc1ccc([C@@H]2NC(=S)NC3=C2C(=O)CCC3)cc1. The van der Waals surface area contributed by atoms with E-state index in [1.165, 1.54) is 5.56 Å². The van der Waals surface area contributed by atoms with Gasteiger partial charge in [0.1, 0.15) is 0 Å². The number of Topliss-reactive ketones (excluding diaryl/α,β-unsaturated/α-hetero) is 1. The Bertz CT molecular complexity index is 589. The van der Waals surface area contributed by atoms with E-state index < -0.39 is 0 Å². The Hall–Kier alpha value is -1.68. The smallest absolute Gasteiger partial charge is 0.171 e. The molecule has 0 saturated heterocycles. The van der Waals surface area contributed by atoms with Crippen LogP contribution in [0.2, 0.25) is 0 Å². The summed E-state index contributed by atoms with van der Waals surface area (Å²) in [6, 6.07) is 8.33. The van der Waals surface area contributed by atoms with E-state index in [1.54, 1.807) is 0 Å². The zero-order valence-electron chi connectivity index (χ0n) is 11.5. The third kappa shape index (κ3) is 2.36. The van der Waals surface area contributed by atoms with E-state index in [0.717, 1.165) is 36.1 Å². The highest BCUT2D eigenvalue weighted by molar-refractivity contribution is 7.80. The highest BCUT2D eigenvalue weighted by Crippen LogP contribution is 2.33. The van der Waals surface area contributed by atoms with Crippen LogP contribution in [0.15, 0.2) is 35.5 Å². The molecule has 0 saturated carbocycles. The number of allylic oxidation sites excluding steroid dienone is 1. The Morgan fingerprint density at radius 1 is 1.25 bits per heavy atom. The molecule has 0 unspecified atom stereocenters. The molecule has 3 nitrogen and oxygen atoms in total. The minimum absolute atomic E-state index is 0.0996. The lowest BCUT2D eigenvalue weighted by Gasteiger charge is -2.33. The molecule has 1 aromatic rings. The van der Waals surface area contributed by atoms with Crippen molar-refractivity contribution in [3.05, 3.63) is 46.7 Å². The summed E-state index contributed by atoms with van der Waals surface area (Å²) < 4.78 is 0. The number of benzene rings is 1. The predicted octanol–water partition coefficient (Wildman–Crippen LogP) is 2.77. The zero-order chi connectivity index (χ0) is 14.1. The lowest BCUT2D eigenvalue weighted by Crippen LogP contribution is -2.46. The highest BCUT2D eigenvalue weighted by atomic mass is 32.1. The third-order valence-corrected chi connectivity index (χ3v) is 4.23. The third-order valence-electron chi connectivity index (χ3n) is 4.01. The van der Waals surface area contributed by atoms with Gasteiger partial charge in [-0.3, -0.25) is 4.79 Å². The normalized spacial score (nSPS) is 22.1. The molecule has 0 spiro atoms. The monoisotopic (exact) mass is 286 g/mol. The standard InChI is InChI=1S/C16H18N2OS/c1-2-10-6-8-11(9-7-10)15-14-12(17-16(20)18-15)4-3-5-13(14)19/h6-9,15H,2-5H2,1H3,(H2,17,18,20)/t15-/m0/s1. The summed E-state index contributed by atoms with van der Waals surface area (Å²) in [7, 11) is 0. The predicted molar refractivity (Wildman–Crippen MR) is 83.3 cm³/mol. The molecule has 0 radical (unpaired) electrons. The second kappa shape index (κ2) is 5.37. The number of ketones is 1. The molecule has 3 rings (SSSR count). The van der Waals surface area contributed by atoms with Crippen LogP contribution in [0.4, 0.5) is 0 Å². The van der Waals surface area contributed by atoms with Crippen LogP contribution in [0.25, 0.3) is 0 Å². The van der Waals surface area contributed by atoms with Crippen LogP contribution in [0.3, 0.4) is 0 Å². The first-order valence-corrected chi connectivity index (χ1v) is 7.52. The molecule has 0 amide bonds. The van der Waals surface area contributed by atoms with E-state index in [0.29, 0.717) is 11.5 Å². The van der Waals surface area contributed by atoms with Crippen molar-refractivity contribution in [1.29, 1.82) is 0 Å². The Morgan fingerprint density at radius 2 is 2.00 bits per heavy atom. The fourth-order valence-corrected chi connectivity index (χ4v) is 3.14. The van der Waals surface area contributed by atoms with Gasteiger partial charge in [-0.15, -0.1) is 0 Å². The van der Waals surface area contributed by atoms with Gasteiger partial charge in [-0.05, 0) is 42.6 Å². The fraction of sp³-hybridized carbons (Fsp3) is 0.375. The van der Waals surface area contributed by atoms with E-state index in [-0.39, 0.29) is 11.8 Å². The number of rotatable bonds is 2. The van der Waals surface area contributed by atoms with E-state index in [2.05, 4.69) is 41.8 Å². The van der Waals surface area contributed by atoms with Crippen LogP contribution in [0.5, 0.6) is 0 Å². The van der Waals surface area contributed by atoms with Crippen molar-refractivity contribution in [3.63, 3.8) is 0 Å². The quantitative estimate of drug-likeness (QED) is 0.820. The van der Waals surface area contributed by atoms with Gasteiger partial charge in [-0.25, -0.2) is 0 Å². The number of carbonyl (C=O) groups is 1. The summed E-state index contributed by atoms with van der Waals surface area (Å²) in [5, 5.41) is 7.01. The van der Waals surface area contributed by atoms with Crippen molar-refractivity contribution < 1.29 is 4.79 Å². The second-order valence-corrected chi connectivity index (χ2v) is 5.70. The first-order chi connectivity index (χ1) is 9.69. The largest absolute Gasteiger partial charge is 0.351 e. The van der Waals surface area contributed by atoms with E-state index in [4.69, 9.17) is 12.2 Å². The molecule has 2 N–H and O–H groups in total. The van der Waals surface area contributed by atoms with Crippen molar-refractivity contribution in [1.82, 2.24) is 10.6 Å². The molecule has 1 aliphatic heterocycles. The lowest BCUT2D eigenvalue weighted by molar-refractivity contribution is -0.116. The van der Waals surface area contributed by atoms with E-state index >= 15 is 0 Å². The maximum Gasteiger partial charge on any atom is 0.171 e. The summed E-state index contributed by atoms with van der Waals surface area (Å²) in [4.78, 5) is 12.3. The number of nitrogens with one attached hydrogen (secondary N) is 2. The first kappa shape index (κ1) is 13.3. The topological polar surface area (TPSA) is 41.1 Å². The molecular formula is C16H18N2OS. The maximum absolute atomic E-state index is 12.3. The number of hydrogen-bond acceptors (Lipinski definition) is 2. The van der Waals surface area contributed by atoms with Crippen LogP contribution in [-0.2, 0) is 11.2 Å². The minimum Gasteiger partial charge on any atom is -0.351 e. The van der Waals surface area contributed by atoms with E-state index in [9.17, 15) is 4.79 Å². The Kier molecular flexibility index (Phi) is 3.57. The van der Waals surface area contributed by atoms with Crippen molar-refractivity contribution >= 4 is 23.1 Å². The van der Waals surface area contributed by atoms with Crippen LogP contribution in [-0.4, -0.2) is 10.9 Å². The molecule has 20 heavy (non-hydrogen) atoms. The molecule has 1 heterocycles. The molecule has 1 aliphatic carbocycles. The van der Waals surface area contributed by atoms with Crippen molar-refractivity contribution in [3.8, 4) is 0 Å². The number of thiocarbonyl (C=S) groups is 1. The average Bonchev–Trinajstić information content (AvgIpc) is 2.46. The summed E-state index contributed by atoms with van der Waals surface area (Å²) in [5.41, 5.74) is 4.28. The molecule has 0 aromatic heterocycles. The van der Waals surface area contributed by atoms with Gasteiger partial charge in [0.2, 0.25) is 0 Å². The van der Waals surface area contributed by atoms with Gasteiger partial charge in [-0.2, -0.15) is 0 Å². The number of hydrogen-bond donors (Lipinski definition) is 2. The van der Waals surface area contributed by atoms with Crippen molar-refractivity contribution in [2.45, 2.75) is 38.6 Å². The molecular weight excluding hydrogens is 268 g/mol.